The Hall–Kier alpha value is -1.95. The van der Waals surface area contributed by atoms with E-state index >= 15 is 0 Å². The molecule has 2 aromatic rings. The number of tetrazole rings is 1. The summed E-state index contributed by atoms with van der Waals surface area (Å²) in [6.45, 7) is 3.02. The third-order valence-electron chi connectivity index (χ3n) is 3.94. The van der Waals surface area contributed by atoms with Crippen LogP contribution in [0.25, 0.3) is 11.4 Å². The van der Waals surface area contributed by atoms with E-state index in [1.807, 2.05) is 17.0 Å². The molecule has 116 valence electrons. The van der Waals surface area contributed by atoms with Gasteiger partial charge in [0.05, 0.1) is 0 Å². The van der Waals surface area contributed by atoms with Gasteiger partial charge in [0.15, 0.2) is 0 Å². The summed E-state index contributed by atoms with van der Waals surface area (Å²) in [4.78, 5) is 15.6. The van der Waals surface area contributed by atoms with Crippen LogP contribution in [0.2, 0.25) is 5.02 Å². The van der Waals surface area contributed by atoms with E-state index in [1.165, 1.54) is 11.2 Å². The summed E-state index contributed by atoms with van der Waals surface area (Å²) in [5, 5.41) is 12.9. The molecular formula is C15H18ClN5O. The zero-order valence-corrected chi connectivity index (χ0v) is 13.2. The third-order valence-corrected chi connectivity index (χ3v) is 4.17. The largest absolute Gasteiger partial charge is 0.338 e. The van der Waals surface area contributed by atoms with Gasteiger partial charge in [0.1, 0.15) is 6.54 Å². The number of amides is 1. The highest BCUT2D eigenvalue weighted by atomic mass is 35.5. The summed E-state index contributed by atoms with van der Waals surface area (Å²) in [5.41, 5.74) is 0.789. The maximum atomic E-state index is 12.4. The number of rotatable bonds is 3. The van der Waals surface area contributed by atoms with Crippen LogP contribution < -0.4 is 0 Å². The van der Waals surface area contributed by atoms with E-state index in [1.54, 1.807) is 12.1 Å². The Kier molecular flexibility index (Phi) is 4.38. The Morgan fingerprint density at radius 3 is 3.05 bits per heavy atom. The van der Waals surface area contributed by atoms with E-state index < -0.39 is 0 Å². The molecule has 0 aliphatic carbocycles. The lowest BCUT2D eigenvalue weighted by Crippen LogP contribution is -2.43. The average Bonchev–Trinajstić information content (AvgIpc) is 2.96. The Balaban J connectivity index is 1.70. The van der Waals surface area contributed by atoms with Crippen LogP contribution in [0.4, 0.5) is 0 Å². The predicted molar refractivity (Wildman–Crippen MR) is 83.3 cm³/mol. The van der Waals surface area contributed by atoms with E-state index in [4.69, 9.17) is 11.6 Å². The minimum Gasteiger partial charge on any atom is -0.338 e. The molecule has 3 rings (SSSR count). The molecule has 1 aromatic carbocycles. The van der Waals surface area contributed by atoms with Gasteiger partial charge in [-0.25, -0.2) is 0 Å². The summed E-state index contributed by atoms with van der Waals surface area (Å²) < 4.78 is 0. The normalized spacial score (nSPS) is 18.5. The van der Waals surface area contributed by atoms with Crippen molar-refractivity contribution in [3.05, 3.63) is 29.3 Å². The van der Waals surface area contributed by atoms with Gasteiger partial charge in [0.25, 0.3) is 0 Å². The Bertz CT molecular complexity index is 671. The number of nitrogens with zero attached hydrogens (tertiary/aromatic N) is 5. The number of halogens is 1. The van der Waals surface area contributed by atoms with Crippen LogP contribution in [0, 0.1) is 0 Å². The van der Waals surface area contributed by atoms with Crippen molar-refractivity contribution >= 4 is 17.5 Å². The molecule has 0 N–H and O–H groups in total. The average molecular weight is 320 g/mol. The van der Waals surface area contributed by atoms with E-state index in [0.29, 0.717) is 10.8 Å². The zero-order chi connectivity index (χ0) is 15.5. The molecule has 1 aliphatic heterocycles. The maximum absolute atomic E-state index is 12.4. The van der Waals surface area contributed by atoms with Crippen LogP contribution in [0.15, 0.2) is 24.3 Å². The Morgan fingerprint density at radius 2 is 2.27 bits per heavy atom. The molecule has 0 saturated carbocycles. The van der Waals surface area contributed by atoms with Gasteiger partial charge in [-0.2, -0.15) is 4.80 Å². The van der Waals surface area contributed by atoms with Gasteiger partial charge in [-0.3, -0.25) is 4.79 Å². The van der Waals surface area contributed by atoms with Crippen molar-refractivity contribution in [3.63, 3.8) is 0 Å². The summed E-state index contributed by atoms with van der Waals surface area (Å²) >= 11 is 5.96. The Morgan fingerprint density at radius 1 is 1.41 bits per heavy atom. The molecule has 6 nitrogen and oxygen atoms in total. The molecule has 1 fully saturated rings. The molecule has 0 radical (unpaired) electrons. The lowest BCUT2D eigenvalue weighted by molar-refractivity contribution is -0.135. The minimum atomic E-state index is 0.0437. The third kappa shape index (κ3) is 3.27. The first-order chi connectivity index (χ1) is 10.6. The van der Waals surface area contributed by atoms with Gasteiger partial charge >= 0.3 is 0 Å². The van der Waals surface area contributed by atoms with Crippen molar-refractivity contribution in [3.8, 4) is 11.4 Å². The molecule has 0 bridgehead atoms. The quantitative estimate of drug-likeness (QED) is 0.871. The monoisotopic (exact) mass is 319 g/mol. The lowest BCUT2D eigenvalue weighted by Gasteiger charge is -2.33. The topological polar surface area (TPSA) is 63.9 Å². The van der Waals surface area contributed by atoms with Crippen molar-refractivity contribution in [2.75, 3.05) is 6.54 Å². The standard InChI is InChI=1S/C15H18ClN5O/c1-11-5-2-3-8-20(11)14(22)10-21-18-15(17-19-21)12-6-4-7-13(16)9-12/h4,6-7,9,11H,2-3,5,8,10H2,1H3/t11-/m1/s1. The van der Waals surface area contributed by atoms with Gasteiger partial charge in [0.2, 0.25) is 11.7 Å². The number of hydrogen-bond acceptors (Lipinski definition) is 4. The van der Waals surface area contributed by atoms with E-state index in [-0.39, 0.29) is 18.5 Å². The fourth-order valence-electron chi connectivity index (χ4n) is 2.73. The van der Waals surface area contributed by atoms with Crippen molar-refractivity contribution < 1.29 is 4.79 Å². The van der Waals surface area contributed by atoms with Crippen LogP contribution in [0.1, 0.15) is 26.2 Å². The maximum Gasteiger partial charge on any atom is 0.246 e. The molecule has 0 spiro atoms. The highest BCUT2D eigenvalue weighted by Crippen LogP contribution is 2.19. The smallest absolute Gasteiger partial charge is 0.246 e. The number of carbonyl (C=O) groups excluding carboxylic acids is 1. The molecule has 1 amide bonds. The van der Waals surface area contributed by atoms with E-state index in [9.17, 15) is 4.79 Å². The van der Waals surface area contributed by atoms with Gasteiger partial charge in [0, 0.05) is 23.2 Å². The molecule has 1 aromatic heterocycles. The van der Waals surface area contributed by atoms with Crippen molar-refractivity contribution in [2.24, 2.45) is 0 Å². The van der Waals surface area contributed by atoms with Crippen LogP contribution >= 0.6 is 11.6 Å². The molecule has 1 aliphatic rings. The van der Waals surface area contributed by atoms with Crippen LogP contribution in [-0.4, -0.2) is 43.6 Å². The molecule has 22 heavy (non-hydrogen) atoms. The van der Waals surface area contributed by atoms with Crippen LogP contribution in [0.5, 0.6) is 0 Å². The predicted octanol–water partition coefficient (Wildman–Crippen LogP) is 2.39. The molecule has 1 saturated heterocycles. The summed E-state index contributed by atoms with van der Waals surface area (Å²) in [5.74, 6) is 0.518. The van der Waals surface area contributed by atoms with Gasteiger partial charge < -0.3 is 4.90 Å². The number of benzene rings is 1. The highest BCUT2D eigenvalue weighted by Gasteiger charge is 2.23. The number of likely N-dealkylation sites (tertiary alicyclic amines) is 1. The number of aromatic nitrogens is 4. The second-order valence-electron chi connectivity index (χ2n) is 5.59. The van der Waals surface area contributed by atoms with Crippen molar-refractivity contribution in [1.29, 1.82) is 0 Å². The van der Waals surface area contributed by atoms with E-state index in [2.05, 4.69) is 22.3 Å². The molecule has 0 unspecified atom stereocenters. The summed E-state index contributed by atoms with van der Waals surface area (Å²) in [7, 11) is 0. The minimum absolute atomic E-state index is 0.0437. The summed E-state index contributed by atoms with van der Waals surface area (Å²) in [6, 6.07) is 7.55. The number of hydrogen-bond donors (Lipinski definition) is 0. The van der Waals surface area contributed by atoms with Crippen LogP contribution in [0.3, 0.4) is 0 Å². The molecule has 7 heteroatoms. The van der Waals surface area contributed by atoms with Crippen molar-refractivity contribution in [1.82, 2.24) is 25.1 Å². The van der Waals surface area contributed by atoms with Crippen LogP contribution in [-0.2, 0) is 11.3 Å². The number of piperidine rings is 1. The highest BCUT2D eigenvalue weighted by molar-refractivity contribution is 6.30. The van der Waals surface area contributed by atoms with Gasteiger partial charge in [-0.05, 0) is 43.5 Å². The fourth-order valence-corrected chi connectivity index (χ4v) is 2.92. The molecule has 2 heterocycles. The SMILES string of the molecule is C[C@@H]1CCCCN1C(=O)Cn1nnc(-c2cccc(Cl)c2)n1. The lowest BCUT2D eigenvalue weighted by atomic mass is 10.0. The second-order valence-corrected chi connectivity index (χ2v) is 6.02. The van der Waals surface area contributed by atoms with Gasteiger partial charge in [-0.1, -0.05) is 23.7 Å². The fraction of sp³-hybridized carbons (Fsp3) is 0.467. The van der Waals surface area contributed by atoms with Gasteiger partial charge in [-0.15, -0.1) is 10.2 Å². The first-order valence-electron chi connectivity index (χ1n) is 7.47. The Labute approximate surface area is 134 Å². The molecular weight excluding hydrogens is 302 g/mol. The first kappa shape index (κ1) is 15.0. The molecule has 1 atom stereocenters. The second kappa shape index (κ2) is 6.44. The van der Waals surface area contributed by atoms with E-state index in [0.717, 1.165) is 24.9 Å². The summed E-state index contributed by atoms with van der Waals surface area (Å²) in [6.07, 6.45) is 3.31. The zero-order valence-electron chi connectivity index (χ0n) is 12.4. The number of carbonyl (C=O) groups is 1. The first-order valence-corrected chi connectivity index (χ1v) is 7.84. The van der Waals surface area contributed by atoms with Crippen molar-refractivity contribution in [2.45, 2.75) is 38.8 Å².